The van der Waals surface area contributed by atoms with Gasteiger partial charge in [0.15, 0.2) is 5.78 Å². The van der Waals surface area contributed by atoms with E-state index in [4.69, 9.17) is 0 Å². The number of phenols is 1. The fourth-order valence-corrected chi connectivity index (χ4v) is 3.03. The average molecular weight is 261 g/mol. The first-order chi connectivity index (χ1) is 9.04. The summed E-state index contributed by atoms with van der Waals surface area (Å²) < 4.78 is 0. The molecule has 0 saturated carbocycles. The summed E-state index contributed by atoms with van der Waals surface area (Å²) in [6.07, 6.45) is 1.85. The maximum atomic E-state index is 12.1. The minimum Gasteiger partial charge on any atom is -0.508 e. The summed E-state index contributed by atoms with van der Waals surface area (Å²) in [6.45, 7) is 7.61. The number of likely N-dealkylation sites (tertiary alicyclic amines) is 1. The molecule has 1 heterocycles. The summed E-state index contributed by atoms with van der Waals surface area (Å²) >= 11 is 0. The second-order valence-electron chi connectivity index (χ2n) is 5.93. The molecular formula is C16H23NO2. The minimum atomic E-state index is 0.158. The Labute approximate surface area is 115 Å². The van der Waals surface area contributed by atoms with Gasteiger partial charge in [-0.2, -0.15) is 0 Å². The Morgan fingerprint density at radius 1 is 1.21 bits per heavy atom. The van der Waals surface area contributed by atoms with Crippen molar-refractivity contribution in [1.82, 2.24) is 4.90 Å². The van der Waals surface area contributed by atoms with Crippen LogP contribution in [0.5, 0.6) is 5.75 Å². The Kier molecular flexibility index (Phi) is 4.59. The summed E-state index contributed by atoms with van der Waals surface area (Å²) in [6, 6.07) is 6.52. The van der Waals surface area contributed by atoms with E-state index in [9.17, 15) is 9.90 Å². The van der Waals surface area contributed by atoms with E-state index in [1.54, 1.807) is 24.3 Å². The zero-order valence-electron chi connectivity index (χ0n) is 11.8. The summed E-state index contributed by atoms with van der Waals surface area (Å²) in [5, 5.41) is 9.21. The molecule has 1 aromatic rings. The van der Waals surface area contributed by atoms with Crippen LogP contribution in [-0.4, -0.2) is 35.4 Å². The number of aromatic hydroxyl groups is 1. The van der Waals surface area contributed by atoms with Crippen LogP contribution in [-0.2, 0) is 0 Å². The fourth-order valence-electron chi connectivity index (χ4n) is 3.03. The molecule has 0 aromatic heterocycles. The van der Waals surface area contributed by atoms with Crippen molar-refractivity contribution in [3.63, 3.8) is 0 Å². The first kappa shape index (κ1) is 14.1. The molecule has 1 aliphatic heterocycles. The van der Waals surface area contributed by atoms with E-state index < -0.39 is 0 Å². The highest BCUT2D eigenvalue weighted by Gasteiger charge is 2.22. The number of benzene rings is 1. The SMILES string of the molecule is CC1CC(C)CN(CCC(=O)c2ccc(O)cc2)C1. The van der Waals surface area contributed by atoms with Crippen LogP contribution in [0.25, 0.3) is 0 Å². The molecule has 19 heavy (non-hydrogen) atoms. The molecular weight excluding hydrogens is 238 g/mol. The lowest BCUT2D eigenvalue weighted by molar-refractivity contribution is 0.0926. The van der Waals surface area contributed by atoms with Crippen LogP contribution in [0, 0.1) is 11.8 Å². The van der Waals surface area contributed by atoms with Crippen molar-refractivity contribution < 1.29 is 9.90 Å². The fraction of sp³-hybridized carbons (Fsp3) is 0.562. The summed E-state index contributed by atoms with van der Waals surface area (Å²) in [5.74, 6) is 1.82. The minimum absolute atomic E-state index is 0.158. The van der Waals surface area contributed by atoms with Gasteiger partial charge >= 0.3 is 0 Å². The van der Waals surface area contributed by atoms with Crippen molar-refractivity contribution in [1.29, 1.82) is 0 Å². The van der Waals surface area contributed by atoms with E-state index in [1.807, 2.05) is 0 Å². The van der Waals surface area contributed by atoms with E-state index in [2.05, 4.69) is 18.7 Å². The molecule has 1 aliphatic rings. The van der Waals surface area contributed by atoms with Crippen molar-refractivity contribution in [2.45, 2.75) is 26.7 Å². The van der Waals surface area contributed by atoms with Crippen LogP contribution >= 0.6 is 0 Å². The molecule has 1 fully saturated rings. The average Bonchev–Trinajstić information content (AvgIpc) is 2.36. The summed E-state index contributed by atoms with van der Waals surface area (Å²) in [5.41, 5.74) is 0.691. The normalized spacial score (nSPS) is 24.3. The maximum Gasteiger partial charge on any atom is 0.164 e. The topological polar surface area (TPSA) is 40.5 Å². The Morgan fingerprint density at radius 3 is 2.37 bits per heavy atom. The second kappa shape index (κ2) is 6.20. The molecule has 2 unspecified atom stereocenters. The lowest BCUT2D eigenvalue weighted by Gasteiger charge is -2.34. The molecule has 0 amide bonds. The molecule has 2 rings (SSSR count). The number of nitrogens with zero attached hydrogens (tertiary/aromatic N) is 1. The molecule has 0 radical (unpaired) electrons. The number of hydrogen-bond donors (Lipinski definition) is 1. The van der Waals surface area contributed by atoms with Gasteiger partial charge in [0.1, 0.15) is 5.75 Å². The van der Waals surface area contributed by atoms with Gasteiger partial charge in [-0.05, 0) is 42.5 Å². The van der Waals surface area contributed by atoms with Gasteiger partial charge in [0.25, 0.3) is 0 Å². The van der Waals surface area contributed by atoms with Gasteiger partial charge in [-0.15, -0.1) is 0 Å². The number of carbonyl (C=O) groups excluding carboxylic acids is 1. The van der Waals surface area contributed by atoms with Gasteiger partial charge in [-0.3, -0.25) is 4.79 Å². The number of phenolic OH excluding ortho intramolecular Hbond substituents is 1. The number of carbonyl (C=O) groups is 1. The molecule has 3 heteroatoms. The zero-order chi connectivity index (χ0) is 13.8. The van der Waals surface area contributed by atoms with Gasteiger partial charge < -0.3 is 10.0 Å². The van der Waals surface area contributed by atoms with Gasteiger partial charge in [0.05, 0.1) is 0 Å². The second-order valence-corrected chi connectivity index (χ2v) is 5.93. The first-order valence-electron chi connectivity index (χ1n) is 7.09. The lowest BCUT2D eigenvalue weighted by atomic mass is 9.91. The standard InChI is InChI=1S/C16H23NO2/c1-12-9-13(2)11-17(10-12)8-7-16(19)14-3-5-15(18)6-4-14/h3-6,12-13,18H,7-11H2,1-2H3. The van der Waals surface area contributed by atoms with Crippen molar-refractivity contribution in [2.24, 2.45) is 11.8 Å². The van der Waals surface area contributed by atoms with Crippen LogP contribution < -0.4 is 0 Å². The number of Topliss-reactive ketones (excluding diaryl/α,β-unsaturated/α-hetero) is 1. The predicted molar refractivity (Wildman–Crippen MR) is 76.4 cm³/mol. The van der Waals surface area contributed by atoms with E-state index in [0.29, 0.717) is 12.0 Å². The van der Waals surface area contributed by atoms with E-state index in [-0.39, 0.29) is 11.5 Å². The lowest BCUT2D eigenvalue weighted by Crippen LogP contribution is -2.39. The predicted octanol–water partition coefficient (Wildman–Crippen LogP) is 2.94. The van der Waals surface area contributed by atoms with Crippen LogP contribution in [0.15, 0.2) is 24.3 Å². The molecule has 0 aliphatic carbocycles. The van der Waals surface area contributed by atoms with E-state index in [0.717, 1.165) is 31.5 Å². The van der Waals surface area contributed by atoms with Gasteiger partial charge in [-0.1, -0.05) is 13.8 Å². The van der Waals surface area contributed by atoms with Crippen molar-refractivity contribution >= 4 is 5.78 Å². The number of ketones is 1. The Balaban J connectivity index is 1.84. The Morgan fingerprint density at radius 2 is 1.79 bits per heavy atom. The van der Waals surface area contributed by atoms with Gasteiger partial charge in [-0.25, -0.2) is 0 Å². The molecule has 0 bridgehead atoms. The molecule has 0 spiro atoms. The van der Waals surface area contributed by atoms with Crippen molar-refractivity contribution in [2.75, 3.05) is 19.6 Å². The molecule has 3 nitrogen and oxygen atoms in total. The monoisotopic (exact) mass is 261 g/mol. The van der Waals surface area contributed by atoms with E-state index >= 15 is 0 Å². The van der Waals surface area contributed by atoms with Gasteiger partial charge in [0, 0.05) is 31.6 Å². The number of piperidine rings is 1. The highest BCUT2D eigenvalue weighted by atomic mass is 16.3. The third-order valence-corrected chi connectivity index (χ3v) is 3.79. The Hall–Kier alpha value is -1.35. The zero-order valence-corrected chi connectivity index (χ0v) is 11.8. The largest absolute Gasteiger partial charge is 0.508 e. The molecule has 1 aromatic carbocycles. The number of hydrogen-bond acceptors (Lipinski definition) is 3. The maximum absolute atomic E-state index is 12.1. The number of rotatable bonds is 4. The van der Waals surface area contributed by atoms with Crippen LogP contribution in [0.1, 0.15) is 37.0 Å². The van der Waals surface area contributed by atoms with E-state index in [1.165, 1.54) is 6.42 Å². The van der Waals surface area contributed by atoms with Crippen molar-refractivity contribution in [3.8, 4) is 5.75 Å². The molecule has 1 saturated heterocycles. The van der Waals surface area contributed by atoms with Gasteiger partial charge in [0.2, 0.25) is 0 Å². The van der Waals surface area contributed by atoms with Crippen LogP contribution in [0.2, 0.25) is 0 Å². The third kappa shape index (κ3) is 4.06. The van der Waals surface area contributed by atoms with Crippen LogP contribution in [0.3, 0.4) is 0 Å². The highest BCUT2D eigenvalue weighted by molar-refractivity contribution is 5.96. The van der Waals surface area contributed by atoms with Crippen LogP contribution in [0.4, 0.5) is 0 Å². The smallest absolute Gasteiger partial charge is 0.164 e. The third-order valence-electron chi connectivity index (χ3n) is 3.79. The highest BCUT2D eigenvalue weighted by Crippen LogP contribution is 2.21. The quantitative estimate of drug-likeness (QED) is 0.847. The molecule has 1 N–H and O–H groups in total. The van der Waals surface area contributed by atoms with Crippen molar-refractivity contribution in [3.05, 3.63) is 29.8 Å². The molecule has 104 valence electrons. The summed E-state index contributed by atoms with van der Waals surface area (Å²) in [4.78, 5) is 14.5. The molecule has 2 atom stereocenters. The first-order valence-corrected chi connectivity index (χ1v) is 7.09. The Bertz CT molecular complexity index is 417. The summed E-state index contributed by atoms with van der Waals surface area (Å²) in [7, 11) is 0.